The van der Waals surface area contributed by atoms with Gasteiger partial charge in [-0.3, -0.25) is 0 Å². The topological polar surface area (TPSA) is 44.0 Å². The Hall–Kier alpha value is -1.47. The van der Waals surface area contributed by atoms with E-state index in [0.717, 1.165) is 24.6 Å². The summed E-state index contributed by atoms with van der Waals surface area (Å²) in [5.74, 6) is -1.49. The molecule has 1 atom stereocenters. The van der Waals surface area contributed by atoms with Crippen LogP contribution < -0.4 is 0 Å². The Morgan fingerprint density at radius 2 is 1.82 bits per heavy atom. The first-order valence-corrected chi connectivity index (χ1v) is 5.51. The maximum Gasteiger partial charge on any atom is 0.126 e. The van der Waals surface area contributed by atoms with Gasteiger partial charge in [0, 0.05) is 6.07 Å². The Morgan fingerprint density at radius 1 is 1.29 bits per heavy atom. The van der Waals surface area contributed by atoms with Gasteiger partial charge in [-0.2, -0.15) is 5.26 Å². The van der Waals surface area contributed by atoms with E-state index in [1.807, 2.05) is 0 Å². The second-order valence-electron chi connectivity index (χ2n) is 4.78. The van der Waals surface area contributed by atoms with E-state index in [1.165, 1.54) is 6.92 Å². The summed E-state index contributed by atoms with van der Waals surface area (Å²) in [7, 11) is 0. The van der Waals surface area contributed by atoms with Crippen LogP contribution in [0.2, 0.25) is 0 Å². The molecule has 0 radical (unpaired) electrons. The molecule has 1 aliphatic rings. The van der Waals surface area contributed by atoms with Gasteiger partial charge in [-0.1, -0.05) is 6.42 Å². The molecule has 2 nitrogen and oxygen atoms in total. The van der Waals surface area contributed by atoms with Crippen LogP contribution in [0.4, 0.5) is 8.78 Å². The molecule has 0 heterocycles. The maximum atomic E-state index is 13.1. The molecule has 0 aliphatic heterocycles. The molecule has 1 aromatic rings. The summed E-state index contributed by atoms with van der Waals surface area (Å²) in [6, 6.07) is 5.01. The molecule has 0 aromatic heterocycles. The summed E-state index contributed by atoms with van der Waals surface area (Å²) >= 11 is 0. The van der Waals surface area contributed by atoms with Gasteiger partial charge in [0.05, 0.1) is 11.5 Å². The Kier molecular flexibility index (Phi) is 2.67. The first kappa shape index (κ1) is 12.0. The van der Waals surface area contributed by atoms with Crippen molar-refractivity contribution in [2.45, 2.75) is 31.8 Å². The van der Waals surface area contributed by atoms with E-state index in [2.05, 4.69) is 6.07 Å². The Labute approximate surface area is 98.5 Å². The summed E-state index contributed by atoms with van der Waals surface area (Å²) in [6.45, 7) is 1.45. The molecule has 0 bridgehead atoms. The smallest absolute Gasteiger partial charge is 0.126 e. The third kappa shape index (κ3) is 1.71. The molecule has 2 rings (SSSR count). The average molecular weight is 237 g/mol. The summed E-state index contributed by atoms with van der Waals surface area (Å²) in [5.41, 5.74) is -2.33. The van der Waals surface area contributed by atoms with Crippen LogP contribution in [0.3, 0.4) is 0 Å². The molecule has 4 heteroatoms. The van der Waals surface area contributed by atoms with Crippen LogP contribution in [0, 0.1) is 28.4 Å². The van der Waals surface area contributed by atoms with Gasteiger partial charge < -0.3 is 5.11 Å². The van der Waals surface area contributed by atoms with Crippen molar-refractivity contribution in [2.24, 2.45) is 5.41 Å². The number of halogens is 2. The highest BCUT2D eigenvalue weighted by molar-refractivity contribution is 5.30. The van der Waals surface area contributed by atoms with E-state index < -0.39 is 22.7 Å². The van der Waals surface area contributed by atoms with Crippen molar-refractivity contribution in [2.75, 3.05) is 0 Å². The van der Waals surface area contributed by atoms with Crippen molar-refractivity contribution in [1.29, 1.82) is 5.26 Å². The largest absolute Gasteiger partial charge is 0.384 e. The highest BCUT2D eigenvalue weighted by Gasteiger charge is 2.53. The van der Waals surface area contributed by atoms with Crippen molar-refractivity contribution >= 4 is 0 Å². The third-order valence-electron chi connectivity index (χ3n) is 3.78. The maximum absolute atomic E-state index is 13.1. The first-order valence-electron chi connectivity index (χ1n) is 5.51. The molecule has 1 aliphatic carbocycles. The molecule has 17 heavy (non-hydrogen) atoms. The lowest BCUT2D eigenvalue weighted by atomic mass is 9.58. The lowest BCUT2D eigenvalue weighted by Crippen LogP contribution is -2.47. The normalized spacial score (nSPS) is 21.1. The molecule has 1 fully saturated rings. The number of benzene rings is 1. The number of hydrogen-bond donors (Lipinski definition) is 1. The Balaban J connectivity index is 2.48. The number of nitrogens with zero attached hydrogens (tertiary/aromatic N) is 1. The number of aliphatic hydroxyl groups is 1. The molecular formula is C13H13F2NO. The average Bonchev–Trinajstić information content (AvgIpc) is 2.14. The first-order chi connectivity index (χ1) is 7.91. The van der Waals surface area contributed by atoms with Gasteiger partial charge in [0.1, 0.15) is 17.2 Å². The number of nitriles is 1. The molecule has 1 unspecified atom stereocenters. The molecule has 1 saturated carbocycles. The molecule has 0 spiro atoms. The van der Waals surface area contributed by atoms with Crippen molar-refractivity contribution < 1.29 is 13.9 Å². The summed E-state index contributed by atoms with van der Waals surface area (Å²) in [6.07, 6.45) is 1.95. The Morgan fingerprint density at radius 3 is 2.18 bits per heavy atom. The predicted molar refractivity (Wildman–Crippen MR) is 57.8 cm³/mol. The van der Waals surface area contributed by atoms with Gasteiger partial charge in [-0.25, -0.2) is 8.78 Å². The second kappa shape index (κ2) is 3.78. The van der Waals surface area contributed by atoms with Crippen LogP contribution in [-0.2, 0) is 5.60 Å². The number of rotatable bonds is 2. The minimum absolute atomic E-state index is 0.122. The number of hydrogen-bond acceptors (Lipinski definition) is 2. The van der Waals surface area contributed by atoms with Gasteiger partial charge in [0.15, 0.2) is 0 Å². The fourth-order valence-electron chi connectivity index (χ4n) is 2.35. The minimum atomic E-state index is -1.52. The fourth-order valence-corrected chi connectivity index (χ4v) is 2.35. The van der Waals surface area contributed by atoms with Crippen molar-refractivity contribution in [3.63, 3.8) is 0 Å². The summed E-state index contributed by atoms with van der Waals surface area (Å²) < 4.78 is 26.3. The molecule has 0 amide bonds. The van der Waals surface area contributed by atoms with Crippen LogP contribution in [0.1, 0.15) is 31.7 Å². The van der Waals surface area contributed by atoms with Crippen LogP contribution >= 0.6 is 0 Å². The highest BCUT2D eigenvalue weighted by Crippen LogP contribution is 2.53. The molecule has 90 valence electrons. The SMILES string of the molecule is CC(O)(c1cc(F)cc(F)c1)C1(C#N)CCC1. The fraction of sp³-hybridized carbons (Fsp3) is 0.462. The van der Waals surface area contributed by atoms with Gasteiger partial charge in [-0.05, 0) is 37.5 Å². The van der Waals surface area contributed by atoms with Gasteiger partial charge in [0.2, 0.25) is 0 Å². The van der Waals surface area contributed by atoms with E-state index in [-0.39, 0.29) is 5.56 Å². The summed E-state index contributed by atoms with van der Waals surface area (Å²) in [4.78, 5) is 0. The van der Waals surface area contributed by atoms with Crippen LogP contribution in [-0.4, -0.2) is 5.11 Å². The zero-order valence-corrected chi connectivity index (χ0v) is 9.50. The van der Waals surface area contributed by atoms with Crippen LogP contribution in [0.15, 0.2) is 18.2 Å². The Bertz CT molecular complexity index is 466. The molecule has 1 aromatic carbocycles. The molecular weight excluding hydrogens is 224 g/mol. The molecule has 1 N–H and O–H groups in total. The quantitative estimate of drug-likeness (QED) is 0.859. The van der Waals surface area contributed by atoms with Crippen LogP contribution in [0.5, 0.6) is 0 Å². The third-order valence-corrected chi connectivity index (χ3v) is 3.78. The lowest BCUT2D eigenvalue weighted by Gasteiger charge is -2.46. The van der Waals surface area contributed by atoms with Crippen molar-refractivity contribution in [1.82, 2.24) is 0 Å². The summed E-state index contributed by atoms with van der Waals surface area (Å²) in [5, 5.41) is 19.6. The predicted octanol–water partition coefficient (Wildman–Crippen LogP) is 2.87. The van der Waals surface area contributed by atoms with E-state index in [1.54, 1.807) is 0 Å². The zero-order valence-electron chi connectivity index (χ0n) is 9.50. The van der Waals surface area contributed by atoms with E-state index in [4.69, 9.17) is 0 Å². The monoisotopic (exact) mass is 237 g/mol. The van der Waals surface area contributed by atoms with Gasteiger partial charge in [-0.15, -0.1) is 0 Å². The zero-order chi connectivity index (χ0) is 12.7. The van der Waals surface area contributed by atoms with E-state index >= 15 is 0 Å². The van der Waals surface area contributed by atoms with Crippen molar-refractivity contribution in [3.05, 3.63) is 35.4 Å². The second-order valence-corrected chi connectivity index (χ2v) is 4.78. The standard InChI is InChI=1S/C13H13F2NO/c1-12(17,13(8-16)3-2-4-13)9-5-10(14)7-11(15)6-9/h5-7,17H,2-4H2,1H3. The van der Waals surface area contributed by atoms with Crippen LogP contribution in [0.25, 0.3) is 0 Å². The highest BCUT2D eigenvalue weighted by atomic mass is 19.1. The lowest BCUT2D eigenvalue weighted by molar-refractivity contribution is -0.0862. The van der Waals surface area contributed by atoms with Crippen molar-refractivity contribution in [3.8, 4) is 6.07 Å². The minimum Gasteiger partial charge on any atom is -0.384 e. The van der Waals surface area contributed by atoms with E-state index in [9.17, 15) is 19.1 Å². The molecule has 0 saturated heterocycles. The van der Waals surface area contributed by atoms with Gasteiger partial charge in [0.25, 0.3) is 0 Å². The van der Waals surface area contributed by atoms with E-state index in [0.29, 0.717) is 12.8 Å². The van der Waals surface area contributed by atoms with Gasteiger partial charge >= 0.3 is 0 Å².